The summed E-state index contributed by atoms with van der Waals surface area (Å²) in [6, 6.07) is 16.1. The van der Waals surface area contributed by atoms with Gasteiger partial charge in [-0.15, -0.1) is 0 Å². The molecule has 3 aromatic carbocycles. The van der Waals surface area contributed by atoms with E-state index in [2.05, 4.69) is 11.9 Å². The smallest absolute Gasteiger partial charge is 0.301 e. The number of hydrogen-bond acceptors (Lipinski definition) is 8. The van der Waals surface area contributed by atoms with Crippen molar-refractivity contribution in [1.29, 1.82) is 0 Å². The second-order valence-electron chi connectivity index (χ2n) is 9.12. The molecule has 4 aromatic rings. The summed E-state index contributed by atoms with van der Waals surface area (Å²) in [6.07, 6.45) is 1.86. The maximum Gasteiger partial charge on any atom is 0.301 e. The SMILES string of the molecule is CCCCOc1ccc(C2C(=C(O)c3ccc(OC)cc3)C(=O)C(=O)N2c2nc3ccc(Cl)cc3s2)cc1OC. The van der Waals surface area contributed by atoms with Crippen LogP contribution in [0.15, 0.2) is 66.2 Å². The first-order valence-corrected chi connectivity index (χ1v) is 13.9. The zero-order valence-electron chi connectivity index (χ0n) is 22.1. The summed E-state index contributed by atoms with van der Waals surface area (Å²) < 4.78 is 17.5. The molecule has 0 spiro atoms. The number of anilines is 1. The number of unbranched alkanes of at least 4 members (excludes halogenated alkanes) is 1. The Bertz CT molecular complexity index is 1610. The number of nitrogens with zero attached hydrogens (tertiary/aromatic N) is 2. The summed E-state index contributed by atoms with van der Waals surface area (Å²) in [5, 5.41) is 12.3. The predicted molar refractivity (Wildman–Crippen MR) is 156 cm³/mol. The average molecular weight is 579 g/mol. The number of Topliss-reactive ketones (excluding diaryl/α,β-unsaturated/α-hetero) is 1. The van der Waals surface area contributed by atoms with E-state index in [1.54, 1.807) is 60.7 Å². The summed E-state index contributed by atoms with van der Waals surface area (Å²) in [5.74, 6) is -0.351. The molecule has 1 N–H and O–H groups in total. The fourth-order valence-corrected chi connectivity index (χ4v) is 5.81. The molecule has 1 atom stereocenters. The molecule has 1 aliphatic heterocycles. The van der Waals surface area contributed by atoms with Crippen molar-refractivity contribution in [3.05, 3.63) is 82.4 Å². The first-order valence-electron chi connectivity index (χ1n) is 12.7. The molecule has 40 heavy (non-hydrogen) atoms. The van der Waals surface area contributed by atoms with Crippen molar-refractivity contribution in [1.82, 2.24) is 4.98 Å². The Morgan fingerprint density at radius 2 is 1.80 bits per heavy atom. The van der Waals surface area contributed by atoms with E-state index in [0.717, 1.165) is 17.5 Å². The lowest BCUT2D eigenvalue weighted by molar-refractivity contribution is -0.132. The Balaban J connectivity index is 1.68. The quantitative estimate of drug-likeness (QED) is 0.101. The number of carbonyl (C=O) groups excluding carboxylic acids is 2. The molecule has 10 heteroatoms. The van der Waals surface area contributed by atoms with Crippen molar-refractivity contribution in [2.24, 2.45) is 0 Å². The number of fused-ring (bicyclic) bond motifs is 1. The third-order valence-corrected chi connectivity index (χ3v) is 7.86. The third kappa shape index (κ3) is 5.10. The fraction of sp³-hybridized carbons (Fsp3) is 0.233. The monoisotopic (exact) mass is 578 g/mol. The molecule has 1 unspecified atom stereocenters. The molecule has 8 nitrogen and oxygen atoms in total. The van der Waals surface area contributed by atoms with Gasteiger partial charge in [-0.1, -0.05) is 42.3 Å². The Hall–Kier alpha value is -4.08. The van der Waals surface area contributed by atoms with E-state index in [9.17, 15) is 14.7 Å². The molecule has 2 heterocycles. The third-order valence-electron chi connectivity index (χ3n) is 6.61. The molecule has 0 saturated carbocycles. The molecule has 1 fully saturated rings. The van der Waals surface area contributed by atoms with Gasteiger partial charge in [0, 0.05) is 10.6 Å². The highest BCUT2D eigenvalue weighted by Gasteiger charge is 2.48. The molecule has 206 valence electrons. The van der Waals surface area contributed by atoms with Gasteiger partial charge in [0.1, 0.15) is 11.5 Å². The van der Waals surface area contributed by atoms with Crippen LogP contribution in [-0.2, 0) is 9.59 Å². The van der Waals surface area contributed by atoms with Crippen molar-refractivity contribution in [2.45, 2.75) is 25.8 Å². The van der Waals surface area contributed by atoms with Gasteiger partial charge < -0.3 is 19.3 Å². The number of amides is 1. The van der Waals surface area contributed by atoms with Crippen molar-refractivity contribution < 1.29 is 28.9 Å². The Morgan fingerprint density at radius 1 is 1.02 bits per heavy atom. The fourth-order valence-electron chi connectivity index (χ4n) is 4.54. The van der Waals surface area contributed by atoms with E-state index in [-0.39, 0.29) is 11.3 Å². The van der Waals surface area contributed by atoms with E-state index in [0.29, 0.717) is 50.7 Å². The Morgan fingerprint density at radius 3 is 2.50 bits per heavy atom. The number of aliphatic hydroxyl groups excluding tert-OH is 1. The summed E-state index contributed by atoms with van der Waals surface area (Å²) in [7, 11) is 3.06. The number of halogens is 1. The number of aromatic nitrogens is 1. The number of carbonyl (C=O) groups is 2. The Kier molecular flexibility index (Phi) is 7.95. The number of aliphatic hydroxyl groups is 1. The molecule has 0 bridgehead atoms. The zero-order valence-corrected chi connectivity index (χ0v) is 23.7. The van der Waals surface area contributed by atoms with E-state index < -0.39 is 17.7 Å². The van der Waals surface area contributed by atoms with Gasteiger partial charge in [-0.05, 0) is 66.6 Å². The van der Waals surface area contributed by atoms with Crippen molar-refractivity contribution in [2.75, 3.05) is 25.7 Å². The van der Waals surface area contributed by atoms with Crippen LogP contribution in [0.1, 0.15) is 36.9 Å². The number of rotatable bonds is 9. The van der Waals surface area contributed by atoms with Gasteiger partial charge in [0.05, 0.1) is 42.7 Å². The minimum atomic E-state index is -0.975. The van der Waals surface area contributed by atoms with Gasteiger partial charge in [0.15, 0.2) is 16.6 Å². The largest absolute Gasteiger partial charge is 0.507 e. The molecular weight excluding hydrogens is 552 g/mol. The van der Waals surface area contributed by atoms with E-state index in [1.807, 2.05) is 0 Å². The number of methoxy groups -OCH3 is 2. The lowest BCUT2D eigenvalue weighted by Crippen LogP contribution is -2.29. The highest BCUT2D eigenvalue weighted by Crippen LogP contribution is 2.46. The molecule has 0 aliphatic carbocycles. The van der Waals surface area contributed by atoms with Crippen LogP contribution in [0.2, 0.25) is 5.02 Å². The van der Waals surface area contributed by atoms with Crippen LogP contribution in [0.25, 0.3) is 16.0 Å². The standard InChI is InChI=1S/C30H27ClN2O6S/c1-4-5-14-39-22-13-8-18(15-23(22)38-3)26-25(27(34)17-6-10-20(37-2)11-7-17)28(35)29(36)33(26)30-32-21-12-9-19(31)16-24(21)40-30/h6-13,15-16,26,34H,4-5,14H2,1-3H3. The van der Waals surface area contributed by atoms with Gasteiger partial charge in [-0.25, -0.2) is 4.98 Å². The normalized spacial score (nSPS) is 16.5. The highest BCUT2D eigenvalue weighted by atomic mass is 35.5. The van der Waals surface area contributed by atoms with Gasteiger partial charge in [-0.3, -0.25) is 14.5 Å². The minimum Gasteiger partial charge on any atom is -0.507 e. The summed E-state index contributed by atoms with van der Waals surface area (Å²) in [4.78, 5) is 33.1. The molecule has 5 rings (SSSR count). The van der Waals surface area contributed by atoms with Crippen LogP contribution in [0.4, 0.5) is 5.13 Å². The van der Waals surface area contributed by atoms with Gasteiger partial charge in [0.2, 0.25) is 0 Å². The molecule has 1 saturated heterocycles. The Labute approximate surface area is 240 Å². The van der Waals surface area contributed by atoms with Crippen molar-refractivity contribution >= 4 is 55.7 Å². The highest BCUT2D eigenvalue weighted by molar-refractivity contribution is 7.22. The van der Waals surface area contributed by atoms with Crippen LogP contribution in [-0.4, -0.2) is 42.6 Å². The van der Waals surface area contributed by atoms with Crippen LogP contribution in [0.3, 0.4) is 0 Å². The number of hydrogen-bond donors (Lipinski definition) is 1. The lowest BCUT2D eigenvalue weighted by atomic mass is 9.95. The van der Waals surface area contributed by atoms with Crippen LogP contribution in [0.5, 0.6) is 17.2 Å². The topological polar surface area (TPSA) is 98.2 Å². The molecule has 1 aliphatic rings. The zero-order chi connectivity index (χ0) is 28.4. The maximum atomic E-state index is 13.6. The molecule has 0 radical (unpaired) electrons. The second-order valence-corrected chi connectivity index (χ2v) is 10.6. The first-order chi connectivity index (χ1) is 19.4. The second kappa shape index (κ2) is 11.6. The van der Waals surface area contributed by atoms with Crippen molar-refractivity contribution in [3.8, 4) is 17.2 Å². The first kappa shape index (κ1) is 27.5. The lowest BCUT2D eigenvalue weighted by Gasteiger charge is -2.24. The van der Waals surface area contributed by atoms with Gasteiger partial charge >= 0.3 is 5.91 Å². The number of ether oxygens (including phenoxy) is 3. The van der Waals surface area contributed by atoms with Crippen LogP contribution in [0, 0.1) is 0 Å². The summed E-state index contributed by atoms with van der Waals surface area (Å²) in [5.41, 5.74) is 1.49. The summed E-state index contributed by atoms with van der Waals surface area (Å²) in [6.45, 7) is 2.60. The predicted octanol–water partition coefficient (Wildman–Crippen LogP) is 6.77. The van der Waals surface area contributed by atoms with E-state index in [4.69, 9.17) is 25.8 Å². The van der Waals surface area contributed by atoms with E-state index in [1.165, 1.54) is 30.5 Å². The van der Waals surface area contributed by atoms with Gasteiger partial charge in [0.25, 0.3) is 5.78 Å². The summed E-state index contributed by atoms with van der Waals surface area (Å²) >= 11 is 7.42. The average Bonchev–Trinajstić information content (AvgIpc) is 3.50. The van der Waals surface area contributed by atoms with Crippen molar-refractivity contribution in [3.63, 3.8) is 0 Å². The minimum absolute atomic E-state index is 0.0610. The molecule has 1 amide bonds. The maximum absolute atomic E-state index is 13.6. The number of thiazole rings is 1. The number of ketones is 1. The molecular formula is C30H27ClN2O6S. The van der Waals surface area contributed by atoms with Gasteiger partial charge in [-0.2, -0.15) is 0 Å². The number of benzene rings is 3. The molecule has 1 aromatic heterocycles. The van der Waals surface area contributed by atoms with Crippen LogP contribution >= 0.6 is 22.9 Å². The van der Waals surface area contributed by atoms with E-state index >= 15 is 0 Å². The van der Waals surface area contributed by atoms with Crippen LogP contribution < -0.4 is 19.1 Å².